The number of carbonyl (C=O) groups is 1. The van der Waals surface area contributed by atoms with Crippen molar-refractivity contribution in [2.24, 2.45) is 0 Å². The lowest BCUT2D eigenvalue weighted by molar-refractivity contribution is -0.104. The Labute approximate surface area is 135 Å². The fraction of sp³-hybridized carbons (Fsp3) is 0.0500. The summed E-state index contributed by atoms with van der Waals surface area (Å²) in [5, 5.41) is 0. The minimum Gasteiger partial charge on any atom is -0.458 e. The van der Waals surface area contributed by atoms with Crippen molar-refractivity contribution in [1.82, 2.24) is 0 Å². The van der Waals surface area contributed by atoms with Crippen LogP contribution in [0.2, 0.25) is 0 Å². The second-order valence-electron chi connectivity index (χ2n) is 5.14. The minimum absolute atomic E-state index is 0.541. The van der Waals surface area contributed by atoms with Gasteiger partial charge in [-0.2, -0.15) is 0 Å². The van der Waals surface area contributed by atoms with E-state index in [4.69, 9.17) is 4.74 Å². The van der Waals surface area contributed by atoms with Gasteiger partial charge in [0, 0.05) is 11.3 Å². The van der Waals surface area contributed by atoms with E-state index in [1.807, 2.05) is 60.7 Å². The third-order valence-corrected chi connectivity index (χ3v) is 3.54. The molecule has 3 heteroatoms. The van der Waals surface area contributed by atoms with E-state index in [1.54, 1.807) is 6.08 Å². The van der Waals surface area contributed by atoms with Crippen LogP contribution < -0.4 is 4.90 Å². The van der Waals surface area contributed by atoms with Crippen LogP contribution in [-0.4, -0.2) is 12.8 Å². The van der Waals surface area contributed by atoms with Crippen LogP contribution in [0.1, 0.15) is 5.56 Å². The highest BCUT2D eigenvalue weighted by molar-refractivity contribution is 5.76. The van der Waals surface area contributed by atoms with Crippen molar-refractivity contribution in [1.29, 1.82) is 0 Å². The molecule has 0 fully saturated rings. The quantitative estimate of drug-likeness (QED) is 0.627. The van der Waals surface area contributed by atoms with E-state index in [9.17, 15) is 4.79 Å². The number of hydrogen-bond donors (Lipinski definition) is 0. The molecule has 0 saturated heterocycles. The first kappa shape index (κ1) is 14.9. The van der Waals surface area contributed by atoms with Gasteiger partial charge >= 0.3 is 0 Å². The van der Waals surface area contributed by atoms with Crippen LogP contribution in [0.4, 0.5) is 5.69 Å². The molecule has 23 heavy (non-hydrogen) atoms. The number of anilines is 1. The number of allylic oxidation sites excluding steroid dienone is 2. The van der Waals surface area contributed by atoms with E-state index in [0.717, 1.165) is 23.2 Å². The van der Waals surface area contributed by atoms with E-state index < -0.39 is 0 Å². The molecule has 0 amide bonds. The second-order valence-corrected chi connectivity index (χ2v) is 5.14. The minimum atomic E-state index is 0.541. The third-order valence-electron chi connectivity index (χ3n) is 3.54. The molecule has 0 saturated carbocycles. The van der Waals surface area contributed by atoms with Crippen molar-refractivity contribution in [3.8, 4) is 0 Å². The Bertz CT molecular complexity index is 761. The summed E-state index contributed by atoms with van der Waals surface area (Å²) in [5.74, 6) is 1.36. The summed E-state index contributed by atoms with van der Waals surface area (Å²) in [6, 6.07) is 19.8. The van der Waals surface area contributed by atoms with Crippen LogP contribution in [0.5, 0.6) is 0 Å². The topological polar surface area (TPSA) is 29.5 Å². The van der Waals surface area contributed by atoms with Gasteiger partial charge in [-0.3, -0.25) is 4.79 Å². The molecule has 2 aromatic carbocycles. The van der Waals surface area contributed by atoms with E-state index in [0.29, 0.717) is 18.1 Å². The zero-order chi connectivity index (χ0) is 16.1. The van der Waals surface area contributed by atoms with Crippen molar-refractivity contribution in [2.75, 3.05) is 11.4 Å². The Morgan fingerprint density at radius 3 is 2.30 bits per heavy atom. The van der Waals surface area contributed by atoms with Crippen LogP contribution in [0.3, 0.4) is 0 Å². The molecular formula is C20H17NO2. The average Bonchev–Trinajstić information content (AvgIpc) is 2.61. The van der Waals surface area contributed by atoms with Gasteiger partial charge in [0.05, 0.1) is 12.2 Å². The Morgan fingerprint density at radius 1 is 1.00 bits per heavy atom. The maximum absolute atomic E-state index is 10.8. The molecule has 1 aliphatic heterocycles. The van der Waals surface area contributed by atoms with Gasteiger partial charge in [0.15, 0.2) is 5.76 Å². The van der Waals surface area contributed by atoms with Crippen LogP contribution in [0.25, 0.3) is 5.76 Å². The first-order valence-corrected chi connectivity index (χ1v) is 7.39. The zero-order valence-corrected chi connectivity index (χ0v) is 12.7. The summed E-state index contributed by atoms with van der Waals surface area (Å²) in [7, 11) is 0. The highest BCUT2D eigenvalue weighted by Gasteiger charge is 2.24. The molecule has 0 unspecified atom stereocenters. The normalized spacial score (nSPS) is 15.0. The van der Waals surface area contributed by atoms with Crippen LogP contribution in [0, 0.1) is 0 Å². The van der Waals surface area contributed by atoms with Gasteiger partial charge in [0.25, 0.3) is 0 Å². The molecule has 0 N–H and O–H groups in total. The number of para-hydroxylation sites is 1. The van der Waals surface area contributed by atoms with Crippen molar-refractivity contribution in [2.45, 2.75) is 0 Å². The second kappa shape index (κ2) is 6.79. The maximum atomic E-state index is 10.8. The van der Waals surface area contributed by atoms with Gasteiger partial charge < -0.3 is 9.64 Å². The van der Waals surface area contributed by atoms with Crippen molar-refractivity contribution < 1.29 is 9.53 Å². The summed E-state index contributed by atoms with van der Waals surface area (Å²) in [6.07, 6.45) is 4.02. The van der Waals surface area contributed by atoms with E-state index >= 15 is 0 Å². The molecular weight excluding hydrogens is 286 g/mol. The fourth-order valence-corrected chi connectivity index (χ4v) is 2.54. The van der Waals surface area contributed by atoms with E-state index in [-0.39, 0.29) is 0 Å². The average molecular weight is 303 g/mol. The SMILES string of the molecule is C=C1CN(c2ccccc2)C(/C=C/C=O)=C(c2ccccc2)O1. The molecule has 0 atom stereocenters. The third kappa shape index (κ3) is 3.24. The van der Waals surface area contributed by atoms with E-state index in [2.05, 4.69) is 11.5 Å². The van der Waals surface area contributed by atoms with Crippen molar-refractivity contribution in [3.05, 3.63) is 96.4 Å². The molecule has 3 nitrogen and oxygen atoms in total. The first-order valence-electron chi connectivity index (χ1n) is 7.39. The fourth-order valence-electron chi connectivity index (χ4n) is 2.54. The van der Waals surface area contributed by atoms with Gasteiger partial charge in [-0.25, -0.2) is 0 Å². The predicted molar refractivity (Wildman–Crippen MR) is 92.6 cm³/mol. The molecule has 3 rings (SSSR count). The molecule has 1 heterocycles. The number of carbonyl (C=O) groups excluding carboxylic acids is 1. The number of rotatable bonds is 4. The lowest BCUT2D eigenvalue weighted by atomic mass is 10.1. The summed E-state index contributed by atoms with van der Waals surface area (Å²) >= 11 is 0. The van der Waals surface area contributed by atoms with E-state index in [1.165, 1.54) is 6.08 Å². The van der Waals surface area contributed by atoms with Crippen molar-refractivity contribution >= 4 is 17.7 Å². The van der Waals surface area contributed by atoms with Gasteiger partial charge in [-0.1, -0.05) is 55.1 Å². The highest BCUT2D eigenvalue weighted by atomic mass is 16.5. The summed E-state index contributed by atoms with van der Waals surface area (Å²) in [6.45, 7) is 4.53. The number of aldehydes is 1. The standard InChI is InChI=1S/C20H17NO2/c1-16-15-21(18-11-6-3-7-12-18)19(13-8-14-22)20(23-16)17-9-4-2-5-10-17/h2-14H,1,15H2/b13-8+. The van der Waals surface area contributed by atoms with Gasteiger partial charge in [-0.15, -0.1) is 0 Å². The smallest absolute Gasteiger partial charge is 0.157 e. The monoisotopic (exact) mass is 303 g/mol. The summed E-state index contributed by atoms with van der Waals surface area (Å²) in [5.41, 5.74) is 2.80. The Hall–Kier alpha value is -3.07. The Kier molecular flexibility index (Phi) is 4.39. The lowest BCUT2D eigenvalue weighted by Crippen LogP contribution is -2.30. The molecule has 0 aromatic heterocycles. The highest BCUT2D eigenvalue weighted by Crippen LogP contribution is 2.34. The maximum Gasteiger partial charge on any atom is 0.157 e. The lowest BCUT2D eigenvalue weighted by Gasteiger charge is -2.33. The van der Waals surface area contributed by atoms with Gasteiger partial charge in [0.1, 0.15) is 12.0 Å². The largest absolute Gasteiger partial charge is 0.458 e. The first-order chi connectivity index (χ1) is 11.3. The molecule has 114 valence electrons. The number of ether oxygens (including phenoxy) is 1. The number of hydrogen-bond acceptors (Lipinski definition) is 3. The Morgan fingerprint density at radius 2 is 1.65 bits per heavy atom. The predicted octanol–water partition coefficient (Wildman–Crippen LogP) is 4.16. The molecule has 0 spiro atoms. The van der Waals surface area contributed by atoms with Crippen LogP contribution in [0.15, 0.2) is 90.9 Å². The Balaban J connectivity index is 2.16. The van der Waals surface area contributed by atoms with Gasteiger partial charge in [0.2, 0.25) is 0 Å². The van der Waals surface area contributed by atoms with Crippen LogP contribution in [-0.2, 0) is 9.53 Å². The summed E-state index contributed by atoms with van der Waals surface area (Å²) < 4.78 is 5.91. The molecule has 0 aliphatic carbocycles. The summed E-state index contributed by atoms with van der Waals surface area (Å²) in [4.78, 5) is 12.9. The number of nitrogens with zero attached hydrogens (tertiary/aromatic N) is 1. The molecule has 2 aromatic rings. The van der Waals surface area contributed by atoms with Crippen molar-refractivity contribution in [3.63, 3.8) is 0 Å². The zero-order valence-electron chi connectivity index (χ0n) is 12.7. The molecule has 0 radical (unpaired) electrons. The molecule has 1 aliphatic rings. The van der Waals surface area contributed by atoms with Crippen LogP contribution >= 0.6 is 0 Å². The number of benzene rings is 2. The molecule has 0 bridgehead atoms. The van der Waals surface area contributed by atoms with Gasteiger partial charge in [-0.05, 0) is 24.3 Å².